The van der Waals surface area contributed by atoms with Crippen molar-refractivity contribution in [3.05, 3.63) is 59.2 Å². The summed E-state index contributed by atoms with van der Waals surface area (Å²) in [6, 6.07) is 11.5. The lowest BCUT2D eigenvalue weighted by molar-refractivity contribution is 0.0998. The van der Waals surface area contributed by atoms with Crippen LogP contribution in [-0.2, 0) is 0 Å². The number of nitrogens with one attached hydrogen (secondary N) is 1. The van der Waals surface area contributed by atoms with Gasteiger partial charge >= 0.3 is 0 Å². The number of hydrogen-bond donors (Lipinski definition) is 3. The third-order valence-corrected chi connectivity index (χ3v) is 2.92. The second-order valence-corrected chi connectivity index (χ2v) is 4.47. The highest BCUT2D eigenvalue weighted by molar-refractivity contribution is 6.05. The average Bonchev–Trinajstić information content (AvgIpc) is 2.39. The molecule has 102 valence electrons. The number of carbonyl (C=O) groups excluding carboxylic acids is 2. The Morgan fingerprint density at radius 3 is 2.25 bits per heavy atom. The van der Waals surface area contributed by atoms with E-state index >= 15 is 0 Å². The van der Waals surface area contributed by atoms with Crippen LogP contribution in [0.1, 0.15) is 26.3 Å². The van der Waals surface area contributed by atoms with Crippen LogP contribution in [0.5, 0.6) is 0 Å². The van der Waals surface area contributed by atoms with Gasteiger partial charge in [-0.3, -0.25) is 9.59 Å². The Hall–Kier alpha value is -2.82. The quantitative estimate of drug-likeness (QED) is 0.742. The van der Waals surface area contributed by atoms with E-state index < -0.39 is 5.91 Å². The molecule has 20 heavy (non-hydrogen) atoms. The van der Waals surface area contributed by atoms with Crippen molar-refractivity contribution in [3.63, 3.8) is 0 Å². The Morgan fingerprint density at radius 1 is 1.05 bits per heavy atom. The number of nitrogen functional groups attached to an aromatic ring is 1. The number of amides is 2. The highest BCUT2D eigenvalue weighted by Gasteiger charge is 2.09. The minimum atomic E-state index is -0.503. The maximum Gasteiger partial charge on any atom is 0.255 e. The Morgan fingerprint density at radius 2 is 1.70 bits per heavy atom. The molecule has 0 radical (unpaired) electrons. The van der Waals surface area contributed by atoms with Crippen molar-refractivity contribution in [2.75, 3.05) is 11.1 Å². The Balaban J connectivity index is 2.17. The molecule has 2 rings (SSSR count). The lowest BCUT2D eigenvalue weighted by atomic mass is 10.1. The number of benzene rings is 2. The minimum Gasteiger partial charge on any atom is -0.399 e. The predicted octanol–water partition coefficient (Wildman–Crippen LogP) is 1.93. The molecule has 0 aliphatic heterocycles. The Bertz CT molecular complexity index is 663. The summed E-state index contributed by atoms with van der Waals surface area (Å²) in [5.74, 6) is -0.730. The molecule has 0 bridgehead atoms. The Labute approximate surface area is 116 Å². The second-order valence-electron chi connectivity index (χ2n) is 4.47. The summed E-state index contributed by atoms with van der Waals surface area (Å²) in [5.41, 5.74) is 13.8. The molecule has 5 N–H and O–H groups in total. The van der Waals surface area contributed by atoms with Crippen LogP contribution in [0.25, 0.3) is 0 Å². The van der Waals surface area contributed by atoms with Crippen molar-refractivity contribution in [3.8, 4) is 0 Å². The van der Waals surface area contributed by atoms with E-state index in [1.165, 1.54) is 0 Å². The second kappa shape index (κ2) is 5.44. The van der Waals surface area contributed by atoms with Gasteiger partial charge in [-0.05, 0) is 55.0 Å². The summed E-state index contributed by atoms with van der Waals surface area (Å²) in [7, 11) is 0. The summed E-state index contributed by atoms with van der Waals surface area (Å²) in [5, 5.41) is 2.75. The van der Waals surface area contributed by atoms with E-state index in [1.807, 2.05) is 6.92 Å². The summed E-state index contributed by atoms with van der Waals surface area (Å²) >= 11 is 0. The van der Waals surface area contributed by atoms with Crippen LogP contribution in [0.15, 0.2) is 42.5 Å². The lowest BCUT2D eigenvalue weighted by Gasteiger charge is -2.08. The molecule has 0 spiro atoms. The van der Waals surface area contributed by atoms with E-state index in [2.05, 4.69) is 5.32 Å². The standard InChI is InChI=1S/C15H15N3O2/c1-9-8-11(16)4-7-13(9)15(20)18-12-5-2-10(3-6-12)14(17)19/h2-8H,16H2,1H3,(H2,17,19)(H,18,20). The number of carbonyl (C=O) groups is 2. The zero-order valence-electron chi connectivity index (χ0n) is 11.0. The van der Waals surface area contributed by atoms with Crippen LogP contribution >= 0.6 is 0 Å². The first-order valence-electron chi connectivity index (χ1n) is 6.04. The normalized spacial score (nSPS) is 10.1. The first kappa shape index (κ1) is 13.6. The highest BCUT2D eigenvalue weighted by atomic mass is 16.2. The number of nitrogens with two attached hydrogens (primary N) is 2. The largest absolute Gasteiger partial charge is 0.399 e. The summed E-state index contributed by atoms with van der Waals surface area (Å²) in [4.78, 5) is 23.1. The molecule has 0 unspecified atom stereocenters. The number of hydrogen-bond acceptors (Lipinski definition) is 3. The molecular weight excluding hydrogens is 254 g/mol. The predicted molar refractivity (Wildman–Crippen MR) is 78.5 cm³/mol. The van der Waals surface area contributed by atoms with Crippen LogP contribution < -0.4 is 16.8 Å². The topological polar surface area (TPSA) is 98.2 Å². The van der Waals surface area contributed by atoms with Gasteiger partial charge in [-0.2, -0.15) is 0 Å². The van der Waals surface area contributed by atoms with Crippen LogP contribution in [0.4, 0.5) is 11.4 Å². The first-order valence-corrected chi connectivity index (χ1v) is 6.04. The molecule has 0 atom stereocenters. The van der Waals surface area contributed by atoms with Gasteiger partial charge in [0.15, 0.2) is 0 Å². The highest BCUT2D eigenvalue weighted by Crippen LogP contribution is 2.15. The van der Waals surface area contributed by atoms with E-state index in [0.29, 0.717) is 22.5 Å². The van der Waals surface area contributed by atoms with Crippen molar-refractivity contribution < 1.29 is 9.59 Å². The molecule has 0 aliphatic carbocycles. The summed E-state index contributed by atoms with van der Waals surface area (Å²) in [6.07, 6.45) is 0. The van der Waals surface area contributed by atoms with E-state index in [-0.39, 0.29) is 5.91 Å². The minimum absolute atomic E-state index is 0.227. The zero-order chi connectivity index (χ0) is 14.7. The fourth-order valence-corrected chi connectivity index (χ4v) is 1.86. The van der Waals surface area contributed by atoms with Gasteiger partial charge in [-0.25, -0.2) is 0 Å². The van der Waals surface area contributed by atoms with Crippen molar-refractivity contribution in [1.82, 2.24) is 0 Å². The molecule has 0 aromatic heterocycles. The van der Waals surface area contributed by atoms with Crippen LogP contribution in [0.2, 0.25) is 0 Å². The number of rotatable bonds is 3. The average molecular weight is 269 g/mol. The van der Waals surface area contributed by atoms with E-state index in [9.17, 15) is 9.59 Å². The number of aryl methyl sites for hydroxylation is 1. The van der Waals surface area contributed by atoms with E-state index in [1.54, 1.807) is 42.5 Å². The molecule has 2 amide bonds. The fourth-order valence-electron chi connectivity index (χ4n) is 1.86. The summed E-state index contributed by atoms with van der Waals surface area (Å²) < 4.78 is 0. The monoisotopic (exact) mass is 269 g/mol. The van der Waals surface area contributed by atoms with Gasteiger partial charge in [0.05, 0.1) is 0 Å². The van der Waals surface area contributed by atoms with Gasteiger partial charge in [-0.15, -0.1) is 0 Å². The molecular formula is C15H15N3O2. The molecule has 2 aromatic carbocycles. The summed E-state index contributed by atoms with van der Waals surface area (Å²) in [6.45, 7) is 1.82. The van der Waals surface area contributed by atoms with Crippen molar-refractivity contribution >= 4 is 23.2 Å². The van der Waals surface area contributed by atoms with Crippen molar-refractivity contribution in [2.45, 2.75) is 6.92 Å². The van der Waals surface area contributed by atoms with Crippen LogP contribution in [-0.4, -0.2) is 11.8 Å². The molecule has 2 aromatic rings. The van der Waals surface area contributed by atoms with E-state index in [4.69, 9.17) is 11.5 Å². The molecule has 0 fully saturated rings. The molecule has 5 heteroatoms. The van der Waals surface area contributed by atoms with Crippen LogP contribution in [0.3, 0.4) is 0 Å². The molecule has 5 nitrogen and oxygen atoms in total. The molecule has 0 aliphatic rings. The van der Waals surface area contributed by atoms with Crippen molar-refractivity contribution in [2.24, 2.45) is 5.73 Å². The van der Waals surface area contributed by atoms with Gasteiger partial charge in [0.25, 0.3) is 5.91 Å². The Kier molecular flexibility index (Phi) is 3.70. The fraction of sp³-hybridized carbons (Fsp3) is 0.0667. The maximum atomic E-state index is 12.1. The molecule has 0 saturated heterocycles. The maximum absolute atomic E-state index is 12.1. The van der Waals surface area contributed by atoms with Gasteiger partial charge < -0.3 is 16.8 Å². The molecule has 0 heterocycles. The van der Waals surface area contributed by atoms with Gasteiger partial charge in [0.2, 0.25) is 5.91 Å². The number of primary amides is 1. The first-order chi connectivity index (χ1) is 9.47. The number of anilines is 2. The zero-order valence-corrected chi connectivity index (χ0v) is 11.0. The molecule has 0 saturated carbocycles. The SMILES string of the molecule is Cc1cc(N)ccc1C(=O)Nc1ccc(C(N)=O)cc1. The smallest absolute Gasteiger partial charge is 0.255 e. The van der Waals surface area contributed by atoms with Gasteiger partial charge in [0.1, 0.15) is 0 Å². The van der Waals surface area contributed by atoms with Crippen LogP contribution in [0, 0.1) is 6.92 Å². The van der Waals surface area contributed by atoms with E-state index in [0.717, 1.165) is 5.56 Å². The van der Waals surface area contributed by atoms with Gasteiger partial charge in [0, 0.05) is 22.5 Å². The third-order valence-electron chi connectivity index (χ3n) is 2.92. The van der Waals surface area contributed by atoms with Crippen molar-refractivity contribution in [1.29, 1.82) is 0 Å². The van der Waals surface area contributed by atoms with Gasteiger partial charge in [-0.1, -0.05) is 0 Å². The lowest BCUT2D eigenvalue weighted by Crippen LogP contribution is -2.14. The third kappa shape index (κ3) is 2.95.